The summed E-state index contributed by atoms with van der Waals surface area (Å²) in [6.07, 6.45) is 7.37. The largest absolute Gasteiger partial charge is 0.370 e. The molecule has 0 unspecified atom stereocenters. The molecule has 128 valence electrons. The first-order valence-electron chi connectivity index (χ1n) is 7.93. The van der Waals surface area contributed by atoms with Crippen molar-refractivity contribution >= 4 is 5.96 Å². The second-order valence-electron chi connectivity index (χ2n) is 5.46. The Balaban J connectivity index is 1.53. The number of aliphatic imine (C=N–C) groups is 1. The minimum absolute atomic E-state index is 0.309. The lowest BCUT2D eigenvalue weighted by Gasteiger charge is -2.07. The van der Waals surface area contributed by atoms with Crippen LogP contribution in [0.15, 0.2) is 66.3 Å². The van der Waals surface area contributed by atoms with Crippen molar-refractivity contribution in [3.63, 3.8) is 0 Å². The van der Waals surface area contributed by atoms with Gasteiger partial charge in [-0.1, -0.05) is 12.1 Å². The average molecular weight is 338 g/mol. The zero-order valence-corrected chi connectivity index (χ0v) is 13.6. The van der Waals surface area contributed by atoms with Gasteiger partial charge in [0.1, 0.15) is 5.82 Å². The van der Waals surface area contributed by atoms with Crippen LogP contribution in [0.5, 0.6) is 0 Å². The number of benzene rings is 1. The van der Waals surface area contributed by atoms with Crippen molar-refractivity contribution in [3.8, 4) is 5.69 Å². The van der Waals surface area contributed by atoms with Crippen molar-refractivity contribution in [1.82, 2.24) is 19.9 Å². The highest BCUT2D eigenvalue weighted by atomic mass is 19.1. The van der Waals surface area contributed by atoms with Gasteiger partial charge in [0, 0.05) is 37.3 Å². The van der Waals surface area contributed by atoms with Crippen LogP contribution in [0.25, 0.3) is 5.69 Å². The van der Waals surface area contributed by atoms with Crippen LogP contribution in [0.3, 0.4) is 0 Å². The van der Waals surface area contributed by atoms with Gasteiger partial charge >= 0.3 is 0 Å². The summed E-state index contributed by atoms with van der Waals surface area (Å²) in [6, 6.07) is 10.8. The molecule has 2 heterocycles. The van der Waals surface area contributed by atoms with E-state index < -0.39 is 0 Å². The maximum absolute atomic E-state index is 14.2. The highest BCUT2D eigenvalue weighted by Crippen LogP contribution is 2.15. The minimum atomic E-state index is -0.326. The summed E-state index contributed by atoms with van der Waals surface area (Å²) in [7, 11) is 0. The van der Waals surface area contributed by atoms with Crippen molar-refractivity contribution in [3.05, 3.63) is 78.4 Å². The zero-order valence-electron chi connectivity index (χ0n) is 13.6. The Hall–Kier alpha value is -3.22. The molecule has 0 aliphatic carbocycles. The number of imidazole rings is 1. The third kappa shape index (κ3) is 4.63. The Kier molecular flexibility index (Phi) is 5.36. The van der Waals surface area contributed by atoms with Crippen LogP contribution in [-0.2, 0) is 13.0 Å². The number of nitrogens with one attached hydrogen (secondary N) is 1. The van der Waals surface area contributed by atoms with Crippen LogP contribution in [-0.4, -0.2) is 27.0 Å². The number of nitrogens with two attached hydrogens (primary N) is 1. The van der Waals surface area contributed by atoms with Gasteiger partial charge in [-0.05, 0) is 29.8 Å². The minimum Gasteiger partial charge on any atom is -0.370 e. The Morgan fingerprint density at radius 1 is 1.24 bits per heavy atom. The van der Waals surface area contributed by atoms with Gasteiger partial charge in [0.05, 0.1) is 18.6 Å². The monoisotopic (exact) mass is 338 g/mol. The predicted molar refractivity (Wildman–Crippen MR) is 94.8 cm³/mol. The van der Waals surface area contributed by atoms with Gasteiger partial charge in [-0.15, -0.1) is 0 Å². The molecule has 0 saturated carbocycles. The summed E-state index contributed by atoms with van der Waals surface area (Å²) in [5.41, 5.74) is 8.03. The van der Waals surface area contributed by atoms with E-state index in [1.165, 1.54) is 6.07 Å². The summed E-state index contributed by atoms with van der Waals surface area (Å²) in [5, 5.41) is 3.03. The molecule has 0 aliphatic heterocycles. The SMILES string of the molecule is NC(=NCc1ccc(-n2ccnc2)c(F)c1)NCCc1ccccn1. The van der Waals surface area contributed by atoms with E-state index >= 15 is 0 Å². The van der Waals surface area contributed by atoms with Gasteiger partial charge in [0.2, 0.25) is 0 Å². The molecular formula is C18H19FN6. The molecule has 7 heteroatoms. The summed E-state index contributed by atoms with van der Waals surface area (Å²) < 4.78 is 15.8. The summed E-state index contributed by atoms with van der Waals surface area (Å²) >= 11 is 0. The molecule has 3 N–H and O–H groups in total. The van der Waals surface area contributed by atoms with E-state index in [0.29, 0.717) is 24.7 Å². The predicted octanol–water partition coefficient (Wildman–Crippen LogP) is 2.05. The highest BCUT2D eigenvalue weighted by molar-refractivity contribution is 5.77. The fourth-order valence-corrected chi connectivity index (χ4v) is 2.36. The van der Waals surface area contributed by atoms with E-state index in [1.807, 2.05) is 24.3 Å². The number of guanidine groups is 1. The lowest BCUT2D eigenvalue weighted by molar-refractivity contribution is 0.615. The van der Waals surface area contributed by atoms with E-state index in [4.69, 9.17) is 5.73 Å². The first-order valence-corrected chi connectivity index (χ1v) is 7.93. The third-order valence-corrected chi connectivity index (χ3v) is 3.64. The number of rotatable bonds is 6. The molecule has 1 aromatic carbocycles. The maximum Gasteiger partial charge on any atom is 0.188 e. The van der Waals surface area contributed by atoms with Crippen molar-refractivity contribution in [1.29, 1.82) is 0 Å². The molecule has 0 spiro atoms. The van der Waals surface area contributed by atoms with Crippen molar-refractivity contribution in [2.75, 3.05) is 6.54 Å². The fraction of sp³-hybridized carbons (Fsp3) is 0.167. The quantitative estimate of drug-likeness (QED) is 0.532. The number of hydrogen-bond acceptors (Lipinski definition) is 3. The standard InChI is InChI=1S/C18H19FN6/c19-16-11-14(4-5-17(16)25-10-9-21-13-25)12-24-18(20)23-8-6-15-3-1-2-7-22-15/h1-5,7,9-11,13H,6,8,12H2,(H3,20,23,24). The molecule has 0 bridgehead atoms. The number of pyridine rings is 1. The molecular weight excluding hydrogens is 319 g/mol. The van der Waals surface area contributed by atoms with E-state index in [1.54, 1.807) is 35.6 Å². The Morgan fingerprint density at radius 2 is 2.16 bits per heavy atom. The maximum atomic E-state index is 14.2. The molecule has 0 fully saturated rings. The molecule has 25 heavy (non-hydrogen) atoms. The van der Waals surface area contributed by atoms with Gasteiger partial charge in [0.25, 0.3) is 0 Å². The molecule has 0 amide bonds. The van der Waals surface area contributed by atoms with Gasteiger partial charge in [-0.2, -0.15) is 0 Å². The molecule has 0 atom stereocenters. The van der Waals surface area contributed by atoms with Crippen LogP contribution >= 0.6 is 0 Å². The summed E-state index contributed by atoms with van der Waals surface area (Å²) in [5.74, 6) is 0.00223. The van der Waals surface area contributed by atoms with E-state index in [2.05, 4.69) is 20.3 Å². The van der Waals surface area contributed by atoms with Crippen LogP contribution < -0.4 is 11.1 Å². The van der Waals surface area contributed by atoms with Gasteiger partial charge in [0.15, 0.2) is 5.96 Å². The molecule has 6 nitrogen and oxygen atoms in total. The number of aromatic nitrogens is 3. The number of nitrogens with zero attached hydrogens (tertiary/aromatic N) is 4. The Morgan fingerprint density at radius 3 is 2.88 bits per heavy atom. The molecule has 0 radical (unpaired) electrons. The first-order chi connectivity index (χ1) is 12.2. The first kappa shape index (κ1) is 16.6. The van der Waals surface area contributed by atoms with Crippen LogP contribution in [0.4, 0.5) is 4.39 Å². The molecule has 0 aliphatic rings. The van der Waals surface area contributed by atoms with Gasteiger partial charge in [-0.25, -0.2) is 14.4 Å². The molecule has 3 rings (SSSR count). The van der Waals surface area contributed by atoms with Crippen LogP contribution in [0, 0.1) is 5.82 Å². The summed E-state index contributed by atoms with van der Waals surface area (Å²) in [6.45, 7) is 0.948. The summed E-state index contributed by atoms with van der Waals surface area (Å²) in [4.78, 5) is 12.4. The van der Waals surface area contributed by atoms with Crippen molar-refractivity contribution in [2.45, 2.75) is 13.0 Å². The van der Waals surface area contributed by atoms with Gasteiger partial charge in [-0.3, -0.25) is 4.98 Å². The fourth-order valence-electron chi connectivity index (χ4n) is 2.36. The topological polar surface area (TPSA) is 81.1 Å². The molecule has 0 saturated heterocycles. The van der Waals surface area contributed by atoms with Crippen LogP contribution in [0.2, 0.25) is 0 Å². The smallest absolute Gasteiger partial charge is 0.188 e. The Bertz CT molecular complexity index is 830. The lowest BCUT2D eigenvalue weighted by atomic mass is 10.2. The molecule has 2 aromatic heterocycles. The van der Waals surface area contributed by atoms with Crippen molar-refractivity contribution in [2.24, 2.45) is 10.7 Å². The highest BCUT2D eigenvalue weighted by Gasteiger charge is 2.05. The zero-order chi connectivity index (χ0) is 17.5. The lowest BCUT2D eigenvalue weighted by Crippen LogP contribution is -2.33. The number of halogens is 1. The average Bonchev–Trinajstić information content (AvgIpc) is 3.15. The van der Waals surface area contributed by atoms with E-state index in [-0.39, 0.29) is 5.82 Å². The normalized spacial score (nSPS) is 11.5. The van der Waals surface area contributed by atoms with E-state index in [0.717, 1.165) is 17.7 Å². The van der Waals surface area contributed by atoms with Crippen molar-refractivity contribution < 1.29 is 4.39 Å². The molecule has 3 aromatic rings. The van der Waals surface area contributed by atoms with E-state index in [9.17, 15) is 4.39 Å². The second-order valence-corrected chi connectivity index (χ2v) is 5.46. The third-order valence-electron chi connectivity index (χ3n) is 3.64. The van der Waals surface area contributed by atoms with Gasteiger partial charge < -0.3 is 15.6 Å². The van der Waals surface area contributed by atoms with Crippen LogP contribution in [0.1, 0.15) is 11.3 Å². The number of hydrogen-bond donors (Lipinski definition) is 2. The Labute approximate surface area is 145 Å². The second kappa shape index (κ2) is 8.05.